The normalized spacial score (nSPS) is 11.1. The number of ether oxygens (including phenoxy) is 1. The molecule has 0 aliphatic rings. The van der Waals surface area contributed by atoms with E-state index in [1.165, 1.54) is 103 Å². The Labute approximate surface area is 169 Å². The molecule has 0 fully saturated rings. The Balaban J connectivity index is 3.07. The van der Waals surface area contributed by atoms with Gasteiger partial charge in [0.05, 0.1) is 6.61 Å². The topological polar surface area (TPSA) is 29.5 Å². The van der Waals surface area contributed by atoms with E-state index in [0.717, 1.165) is 6.42 Å². The molecule has 27 heavy (non-hydrogen) atoms. The molecule has 0 rings (SSSR count). The van der Waals surface area contributed by atoms with Crippen LogP contribution in [0.4, 0.5) is 0 Å². The van der Waals surface area contributed by atoms with E-state index in [1.807, 2.05) is 0 Å². The molecule has 0 aliphatic carbocycles. The summed E-state index contributed by atoms with van der Waals surface area (Å²) in [6, 6.07) is 0. The standard InChI is InChI=1S/C24H47NO2/c1-23(2)24(26)27-22-20-18-16-14-12-10-8-6-5-7-9-11-13-15-17-19-21-25(3)4/h1,5-22H2,2-4H3. The predicted molar refractivity (Wildman–Crippen MR) is 118 cm³/mol. The molecule has 0 spiro atoms. The smallest absolute Gasteiger partial charge is 0.333 e. The van der Waals surface area contributed by atoms with Gasteiger partial charge in [-0.05, 0) is 40.4 Å². The second-order valence-electron chi connectivity index (χ2n) is 8.38. The van der Waals surface area contributed by atoms with Gasteiger partial charge in [-0.1, -0.05) is 96.5 Å². The van der Waals surface area contributed by atoms with Crippen LogP contribution < -0.4 is 0 Å². The van der Waals surface area contributed by atoms with Crippen molar-refractivity contribution in [2.45, 2.75) is 110 Å². The molecule has 0 radical (unpaired) electrons. The van der Waals surface area contributed by atoms with Gasteiger partial charge in [-0.25, -0.2) is 4.79 Å². The highest BCUT2D eigenvalue weighted by Crippen LogP contribution is 2.13. The van der Waals surface area contributed by atoms with Crippen molar-refractivity contribution >= 4 is 5.97 Å². The van der Waals surface area contributed by atoms with Crippen molar-refractivity contribution in [3.8, 4) is 0 Å². The maximum absolute atomic E-state index is 11.2. The Morgan fingerprint density at radius 3 is 1.33 bits per heavy atom. The van der Waals surface area contributed by atoms with Gasteiger partial charge in [0.15, 0.2) is 0 Å². The van der Waals surface area contributed by atoms with E-state index >= 15 is 0 Å². The van der Waals surface area contributed by atoms with Crippen molar-refractivity contribution < 1.29 is 9.53 Å². The molecule has 3 nitrogen and oxygen atoms in total. The van der Waals surface area contributed by atoms with Crippen LogP contribution in [-0.2, 0) is 9.53 Å². The third-order valence-electron chi connectivity index (χ3n) is 5.08. The highest BCUT2D eigenvalue weighted by atomic mass is 16.5. The van der Waals surface area contributed by atoms with Crippen LogP contribution in [0.25, 0.3) is 0 Å². The van der Waals surface area contributed by atoms with E-state index in [9.17, 15) is 4.79 Å². The molecule has 0 atom stereocenters. The van der Waals surface area contributed by atoms with Crippen LogP contribution in [0.3, 0.4) is 0 Å². The molecule has 0 unspecified atom stereocenters. The summed E-state index contributed by atoms with van der Waals surface area (Å²) in [5.41, 5.74) is 0.491. The lowest BCUT2D eigenvalue weighted by molar-refractivity contribution is -0.139. The average Bonchev–Trinajstić information content (AvgIpc) is 2.63. The van der Waals surface area contributed by atoms with Crippen LogP contribution in [0, 0.1) is 0 Å². The van der Waals surface area contributed by atoms with Crippen LogP contribution >= 0.6 is 0 Å². The van der Waals surface area contributed by atoms with Crippen molar-refractivity contribution in [2.75, 3.05) is 27.2 Å². The Morgan fingerprint density at radius 1 is 0.667 bits per heavy atom. The van der Waals surface area contributed by atoms with Gasteiger partial charge in [-0.3, -0.25) is 0 Å². The lowest BCUT2D eigenvalue weighted by Crippen LogP contribution is -2.12. The molecule has 0 aromatic rings. The number of rotatable bonds is 20. The van der Waals surface area contributed by atoms with E-state index in [1.54, 1.807) is 6.92 Å². The minimum atomic E-state index is -0.255. The van der Waals surface area contributed by atoms with Gasteiger partial charge >= 0.3 is 5.97 Å². The van der Waals surface area contributed by atoms with Gasteiger partial charge in [0.25, 0.3) is 0 Å². The number of carbonyl (C=O) groups excluding carboxylic acids is 1. The monoisotopic (exact) mass is 381 g/mol. The minimum Gasteiger partial charge on any atom is -0.462 e. The fourth-order valence-corrected chi connectivity index (χ4v) is 3.29. The van der Waals surface area contributed by atoms with Gasteiger partial charge in [-0.2, -0.15) is 0 Å². The fourth-order valence-electron chi connectivity index (χ4n) is 3.29. The Hall–Kier alpha value is -0.830. The second-order valence-corrected chi connectivity index (χ2v) is 8.38. The van der Waals surface area contributed by atoms with Gasteiger partial charge in [-0.15, -0.1) is 0 Å². The van der Waals surface area contributed by atoms with Crippen molar-refractivity contribution in [1.29, 1.82) is 0 Å². The van der Waals surface area contributed by atoms with Crippen LogP contribution in [0.5, 0.6) is 0 Å². The minimum absolute atomic E-state index is 0.255. The molecule has 3 heteroatoms. The van der Waals surface area contributed by atoms with E-state index in [-0.39, 0.29) is 5.97 Å². The zero-order chi connectivity index (χ0) is 20.2. The quantitative estimate of drug-likeness (QED) is 0.130. The number of esters is 1. The van der Waals surface area contributed by atoms with Crippen LogP contribution in [0.1, 0.15) is 110 Å². The molecule has 0 heterocycles. The first-order valence-electron chi connectivity index (χ1n) is 11.5. The molecule has 0 N–H and O–H groups in total. The van der Waals surface area contributed by atoms with E-state index in [0.29, 0.717) is 12.2 Å². The van der Waals surface area contributed by atoms with Crippen LogP contribution in [-0.4, -0.2) is 38.1 Å². The van der Waals surface area contributed by atoms with Crippen molar-refractivity contribution in [2.24, 2.45) is 0 Å². The van der Waals surface area contributed by atoms with Crippen molar-refractivity contribution in [1.82, 2.24) is 4.90 Å². The third kappa shape index (κ3) is 21.3. The molecule has 0 saturated carbocycles. The summed E-state index contributed by atoms with van der Waals surface area (Å²) in [7, 11) is 4.32. The third-order valence-corrected chi connectivity index (χ3v) is 5.08. The number of unbranched alkanes of at least 4 members (excludes halogenated alkanes) is 15. The lowest BCUT2D eigenvalue weighted by atomic mass is 10.0. The molecule has 0 bridgehead atoms. The molecule has 0 aromatic heterocycles. The predicted octanol–water partition coefficient (Wildman–Crippen LogP) is 6.91. The van der Waals surface area contributed by atoms with E-state index in [2.05, 4.69) is 25.6 Å². The highest BCUT2D eigenvalue weighted by molar-refractivity contribution is 5.86. The first kappa shape index (κ1) is 26.2. The van der Waals surface area contributed by atoms with Gasteiger partial charge in [0, 0.05) is 5.57 Å². The highest BCUT2D eigenvalue weighted by Gasteiger charge is 2.01. The number of carbonyl (C=O) groups is 1. The summed E-state index contributed by atoms with van der Waals surface area (Å²) in [4.78, 5) is 13.5. The summed E-state index contributed by atoms with van der Waals surface area (Å²) < 4.78 is 5.10. The first-order chi connectivity index (χ1) is 13.0. The van der Waals surface area contributed by atoms with Crippen LogP contribution in [0.2, 0.25) is 0 Å². The number of nitrogens with zero attached hydrogens (tertiary/aromatic N) is 1. The molecular formula is C24H47NO2. The Morgan fingerprint density at radius 2 is 1.00 bits per heavy atom. The summed E-state index contributed by atoms with van der Waals surface area (Å²) >= 11 is 0. The van der Waals surface area contributed by atoms with Gasteiger partial charge in [0.2, 0.25) is 0 Å². The van der Waals surface area contributed by atoms with Gasteiger partial charge < -0.3 is 9.64 Å². The molecule has 160 valence electrons. The number of hydrogen-bond donors (Lipinski definition) is 0. The molecule has 0 aliphatic heterocycles. The maximum atomic E-state index is 11.2. The maximum Gasteiger partial charge on any atom is 0.333 e. The first-order valence-corrected chi connectivity index (χ1v) is 11.5. The summed E-state index contributed by atoms with van der Waals surface area (Å²) in [6.07, 6.45) is 21.6. The van der Waals surface area contributed by atoms with E-state index in [4.69, 9.17) is 4.74 Å². The Bertz CT molecular complexity index is 352. The van der Waals surface area contributed by atoms with Crippen LogP contribution in [0.15, 0.2) is 12.2 Å². The van der Waals surface area contributed by atoms with Crippen molar-refractivity contribution in [3.63, 3.8) is 0 Å². The van der Waals surface area contributed by atoms with Crippen molar-refractivity contribution in [3.05, 3.63) is 12.2 Å². The molecule has 0 amide bonds. The molecule has 0 saturated heterocycles. The molecule has 0 aromatic carbocycles. The second kappa shape index (κ2) is 19.9. The summed E-state index contributed by atoms with van der Waals surface area (Å²) in [5.74, 6) is -0.255. The lowest BCUT2D eigenvalue weighted by Gasteiger charge is -2.08. The summed E-state index contributed by atoms with van der Waals surface area (Å²) in [6.45, 7) is 7.06. The average molecular weight is 382 g/mol. The SMILES string of the molecule is C=C(C)C(=O)OCCCCCCCCCCCCCCCCCCN(C)C. The zero-order valence-electron chi connectivity index (χ0n) is 18.7. The Kier molecular flexibility index (Phi) is 19.3. The largest absolute Gasteiger partial charge is 0.462 e. The fraction of sp³-hybridized carbons (Fsp3) is 0.875. The zero-order valence-corrected chi connectivity index (χ0v) is 18.7. The number of hydrogen-bond acceptors (Lipinski definition) is 3. The summed E-state index contributed by atoms with van der Waals surface area (Å²) in [5, 5.41) is 0. The van der Waals surface area contributed by atoms with Gasteiger partial charge in [0.1, 0.15) is 0 Å². The molecular weight excluding hydrogens is 334 g/mol. The van der Waals surface area contributed by atoms with E-state index < -0.39 is 0 Å².